The summed E-state index contributed by atoms with van der Waals surface area (Å²) in [5.74, 6) is 0.785. The van der Waals surface area contributed by atoms with Crippen molar-refractivity contribution in [3.8, 4) is 17.2 Å². The molecule has 0 fully saturated rings. The lowest BCUT2D eigenvalue weighted by Crippen LogP contribution is -2.31. The van der Waals surface area contributed by atoms with E-state index in [1.807, 2.05) is 18.2 Å². The number of nitrogens with one attached hydrogen (secondary N) is 2. The van der Waals surface area contributed by atoms with Crippen LogP contribution in [0.15, 0.2) is 66.7 Å². The molecule has 0 aliphatic heterocycles. The molecule has 0 heterocycles. The number of benzene rings is 3. The Morgan fingerprint density at radius 2 is 1.68 bits per heavy atom. The van der Waals surface area contributed by atoms with Gasteiger partial charge in [-0.2, -0.15) is 0 Å². The van der Waals surface area contributed by atoms with E-state index in [9.17, 15) is 9.59 Å². The second kappa shape index (κ2) is 10.7. The second-order valence-electron chi connectivity index (χ2n) is 8.02. The lowest BCUT2D eigenvalue weighted by Gasteiger charge is -2.26. The standard InChI is InChI=1S/C27H28N2O5/c1-32-23-13-6-5-11-22(23)28-26(30)17-34-24-15-14-19(16-25(24)33-2)27(31)29-21-12-7-9-18-8-3-4-10-20(18)21/h3-6,8,10-11,13-16,21H,7,9,12,17H2,1-2H3,(H,28,30)(H,29,31)/t21-/m1/s1. The fraction of sp³-hybridized carbons (Fsp3) is 0.259. The minimum Gasteiger partial charge on any atom is -0.495 e. The van der Waals surface area contributed by atoms with E-state index < -0.39 is 0 Å². The van der Waals surface area contributed by atoms with Gasteiger partial charge in [0.2, 0.25) is 0 Å². The Hall–Kier alpha value is -4.00. The van der Waals surface area contributed by atoms with Crippen molar-refractivity contribution in [1.82, 2.24) is 5.32 Å². The van der Waals surface area contributed by atoms with Crippen LogP contribution in [-0.2, 0) is 11.2 Å². The van der Waals surface area contributed by atoms with Gasteiger partial charge in [-0.1, -0.05) is 36.4 Å². The Morgan fingerprint density at radius 3 is 2.50 bits per heavy atom. The molecule has 176 valence electrons. The highest BCUT2D eigenvalue weighted by atomic mass is 16.5. The molecule has 2 amide bonds. The third kappa shape index (κ3) is 5.31. The molecule has 0 bridgehead atoms. The molecule has 1 aliphatic carbocycles. The summed E-state index contributed by atoms with van der Waals surface area (Å²) in [5.41, 5.74) is 3.48. The molecular formula is C27H28N2O5. The van der Waals surface area contributed by atoms with Gasteiger partial charge in [-0.3, -0.25) is 9.59 Å². The maximum Gasteiger partial charge on any atom is 0.262 e. The summed E-state index contributed by atoms with van der Waals surface area (Å²) >= 11 is 0. The Bertz CT molecular complexity index is 1180. The fourth-order valence-corrected chi connectivity index (χ4v) is 4.15. The maximum absolute atomic E-state index is 12.9. The molecule has 7 heteroatoms. The van der Waals surface area contributed by atoms with Crippen molar-refractivity contribution in [3.63, 3.8) is 0 Å². The van der Waals surface area contributed by atoms with Crippen LogP contribution in [0.5, 0.6) is 17.2 Å². The number of para-hydroxylation sites is 2. The van der Waals surface area contributed by atoms with E-state index in [4.69, 9.17) is 14.2 Å². The van der Waals surface area contributed by atoms with Gasteiger partial charge in [0, 0.05) is 5.56 Å². The van der Waals surface area contributed by atoms with Gasteiger partial charge in [0.1, 0.15) is 5.75 Å². The highest BCUT2D eigenvalue weighted by Crippen LogP contribution is 2.31. The minimum absolute atomic E-state index is 0.0157. The first-order chi connectivity index (χ1) is 16.6. The topological polar surface area (TPSA) is 85.9 Å². The molecule has 0 spiro atoms. The number of anilines is 1. The lowest BCUT2D eigenvalue weighted by atomic mass is 9.87. The average Bonchev–Trinajstić information content (AvgIpc) is 2.88. The normalized spacial score (nSPS) is 14.5. The van der Waals surface area contributed by atoms with Crippen LogP contribution in [0.1, 0.15) is 40.4 Å². The van der Waals surface area contributed by atoms with E-state index in [2.05, 4.69) is 22.8 Å². The lowest BCUT2D eigenvalue weighted by molar-refractivity contribution is -0.118. The Kier molecular flexibility index (Phi) is 7.32. The minimum atomic E-state index is -0.343. The molecule has 0 saturated carbocycles. The Morgan fingerprint density at radius 1 is 0.912 bits per heavy atom. The van der Waals surface area contributed by atoms with Gasteiger partial charge in [0.25, 0.3) is 11.8 Å². The summed E-state index contributed by atoms with van der Waals surface area (Å²) in [6, 6.07) is 20.3. The number of hydrogen-bond acceptors (Lipinski definition) is 5. The number of methoxy groups -OCH3 is 2. The van der Waals surface area contributed by atoms with Gasteiger partial charge in [0.15, 0.2) is 18.1 Å². The first-order valence-electron chi connectivity index (χ1n) is 11.2. The van der Waals surface area contributed by atoms with Gasteiger partial charge >= 0.3 is 0 Å². The number of amides is 2. The number of hydrogen-bond donors (Lipinski definition) is 2. The molecular weight excluding hydrogens is 432 g/mol. The molecule has 3 aromatic rings. The highest BCUT2D eigenvalue weighted by molar-refractivity contribution is 5.95. The smallest absolute Gasteiger partial charge is 0.262 e. The zero-order chi connectivity index (χ0) is 23.9. The van der Waals surface area contributed by atoms with Crippen molar-refractivity contribution in [3.05, 3.63) is 83.4 Å². The summed E-state index contributed by atoms with van der Waals surface area (Å²) in [6.45, 7) is -0.223. The zero-order valence-corrected chi connectivity index (χ0v) is 19.3. The fourth-order valence-electron chi connectivity index (χ4n) is 4.15. The molecule has 0 radical (unpaired) electrons. The zero-order valence-electron chi connectivity index (χ0n) is 19.3. The molecule has 0 aromatic heterocycles. The first-order valence-corrected chi connectivity index (χ1v) is 11.2. The maximum atomic E-state index is 12.9. The van der Waals surface area contributed by atoms with Crippen molar-refractivity contribution in [2.45, 2.75) is 25.3 Å². The van der Waals surface area contributed by atoms with Crippen LogP contribution in [0.3, 0.4) is 0 Å². The molecule has 0 unspecified atom stereocenters. The molecule has 1 atom stereocenters. The molecule has 1 aliphatic rings. The van der Waals surface area contributed by atoms with Crippen molar-refractivity contribution >= 4 is 17.5 Å². The van der Waals surface area contributed by atoms with Crippen LogP contribution < -0.4 is 24.8 Å². The van der Waals surface area contributed by atoms with Crippen LogP contribution >= 0.6 is 0 Å². The quantitative estimate of drug-likeness (QED) is 0.516. The first kappa shape index (κ1) is 23.2. The summed E-state index contributed by atoms with van der Waals surface area (Å²) in [7, 11) is 3.03. The van der Waals surface area contributed by atoms with Crippen LogP contribution in [0, 0.1) is 0 Å². The number of carbonyl (C=O) groups excluding carboxylic acids is 2. The van der Waals surface area contributed by atoms with E-state index in [1.165, 1.54) is 25.3 Å². The monoisotopic (exact) mass is 460 g/mol. The molecule has 3 aromatic carbocycles. The van der Waals surface area contributed by atoms with Crippen molar-refractivity contribution in [2.75, 3.05) is 26.1 Å². The highest BCUT2D eigenvalue weighted by Gasteiger charge is 2.22. The largest absolute Gasteiger partial charge is 0.495 e. The van der Waals surface area contributed by atoms with Crippen molar-refractivity contribution < 1.29 is 23.8 Å². The van der Waals surface area contributed by atoms with E-state index in [0.717, 1.165) is 19.3 Å². The van der Waals surface area contributed by atoms with Crippen LogP contribution in [0.25, 0.3) is 0 Å². The average molecular weight is 461 g/mol. The van der Waals surface area contributed by atoms with E-state index >= 15 is 0 Å². The number of aryl methyl sites for hydroxylation is 1. The van der Waals surface area contributed by atoms with E-state index in [-0.39, 0.29) is 24.5 Å². The van der Waals surface area contributed by atoms with Gasteiger partial charge in [-0.05, 0) is 60.7 Å². The molecule has 34 heavy (non-hydrogen) atoms. The molecule has 4 rings (SSSR count). The van der Waals surface area contributed by atoms with Crippen LogP contribution in [-0.4, -0.2) is 32.6 Å². The third-order valence-corrected chi connectivity index (χ3v) is 5.84. The van der Waals surface area contributed by atoms with Gasteiger partial charge in [-0.25, -0.2) is 0 Å². The summed E-state index contributed by atoms with van der Waals surface area (Å²) in [6.07, 6.45) is 2.98. The number of rotatable bonds is 8. The SMILES string of the molecule is COc1ccccc1NC(=O)COc1ccc(C(=O)N[C@@H]2CCCc3ccccc32)cc1OC. The van der Waals surface area contributed by atoms with Gasteiger partial charge in [-0.15, -0.1) is 0 Å². The van der Waals surface area contributed by atoms with E-state index in [0.29, 0.717) is 28.5 Å². The van der Waals surface area contributed by atoms with Gasteiger partial charge < -0.3 is 24.8 Å². The van der Waals surface area contributed by atoms with Crippen molar-refractivity contribution in [1.29, 1.82) is 0 Å². The third-order valence-electron chi connectivity index (χ3n) is 5.84. The Balaban J connectivity index is 1.39. The van der Waals surface area contributed by atoms with Crippen LogP contribution in [0.4, 0.5) is 5.69 Å². The van der Waals surface area contributed by atoms with Crippen molar-refractivity contribution in [2.24, 2.45) is 0 Å². The van der Waals surface area contributed by atoms with Gasteiger partial charge in [0.05, 0.1) is 25.9 Å². The number of carbonyl (C=O) groups is 2. The van der Waals surface area contributed by atoms with E-state index in [1.54, 1.807) is 36.4 Å². The second-order valence-corrected chi connectivity index (χ2v) is 8.02. The molecule has 7 nitrogen and oxygen atoms in total. The Labute approximate surface area is 199 Å². The summed E-state index contributed by atoms with van der Waals surface area (Å²) in [4.78, 5) is 25.3. The summed E-state index contributed by atoms with van der Waals surface area (Å²) < 4.78 is 16.3. The predicted molar refractivity (Wildman–Crippen MR) is 130 cm³/mol. The molecule has 0 saturated heterocycles. The molecule has 2 N–H and O–H groups in total. The predicted octanol–water partition coefficient (Wildman–Crippen LogP) is 4.53. The van der Waals surface area contributed by atoms with Crippen LogP contribution in [0.2, 0.25) is 0 Å². The number of fused-ring (bicyclic) bond motifs is 1. The number of ether oxygens (including phenoxy) is 3. The summed E-state index contributed by atoms with van der Waals surface area (Å²) in [5, 5.41) is 5.90.